The molecule has 0 saturated heterocycles. The molecule has 1 aliphatic carbocycles. The molecule has 0 heterocycles. The second-order valence-corrected chi connectivity index (χ2v) is 3.76. The third-order valence-electron chi connectivity index (χ3n) is 2.48. The van der Waals surface area contributed by atoms with Gasteiger partial charge in [0, 0.05) is 6.42 Å². The molecule has 0 amide bonds. The summed E-state index contributed by atoms with van der Waals surface area (Å²) in [5.74, 6) is -2.85. The van der Waals surface area contributed by atoms with Gasteiger partial charge < -0.3 is 30.6 Å². The van der Waals surface area contributed by atoms with Crippen LogP contribution in [0.25, 0.3) is 0 Å². The number of carbonyl (C=O) groups is 2. The molecule has 4 N–H and O–H groups in total. The highest BCUT2D eigenvalue weighted by atomic mass is 16.4. The predicted octanol–water partition coefficient (Wildman–Crippen LogP) is -4.04. The minimum absolute atomic E-state index is 0.266. The van der Waals surface area contributed by atoms with Gasteiger partial charge in [-0.2, -0.15) is 0 Å². The van der Waals surface area contributed by atoms with Crippen LogP contribution in [0, 0.1) is 5.41 Å². The molecule has 0 bridgehead atoms. The molecule has 0 radical (unpaired) electrons. The van der Waals surface area contributed by atoms with Gasteiger partial charge in [0.05, 0.1) is 23.5 Å². The first-order valence-electron chi connectivity index (χ1n) is 4.69. The van der Waals surface area contributed by atoms with Crippen molar-refractivity contribution < 1.29 is 30.6 Å². The third-order valence-corrected chi connectivity index (χ3v) is 2.48. The molecule has 16 heavy (non-hydrogen) atoms. The molecule has 6 heteroatoms. The lowest BCUT2D eigenvalue weighted by molar-refractivity contribution is -0.441. The molecule has 1 rings (SSSR count). The average molecular weight is 226 g/mol. The summed E-state index contributed by atoms with van der Waals surface area (Å²) in [6.45, 7) is 0. The van der Waals surface area contributed by atoms with Crippen LogP contribution in [0.5, 0.6) is 0 Å². The van der Waals surface area contributed by atoms with Gasteiger partial charge in [0.25, 0.3) is 0 Å². The second kappa shape index (κ2) is 4.46. The maximum atomic E-state index is 11.0. The Bertz CT molecular complexity index is 346. The van der Waals surface area contributed by atoms with Gasteiger partial charge in [-0.25, -0.2) is 0 Å². The van der Waals surface area contributed by atoms with Crippen LogP contribution in [-0.4, -0.2) is 29.2 Å². The minimum Gasteiger partial charge on any atom is -0.549 e. The Kier molecular flexibility index (Phi) is 3.46. The number of rotatable bonds is 4. The monoisotopic (exact) mass is 226 g/mol. The van der Waals surface area contributed by atoms with Crippen LogP contribution in [0.2, 0.25) is 0 Å². The maximum Gasteiger partial charge on any atom is 0.126 e. The van der Waals surface area contributed by atoms with E-state index in [2.05, 4.69) is 5.73 Å². The molecule has 0 saturated carbocycles. The van der Waals surface area contributed by atoms with E-state index in [0.29, 0.717) is 0 Å². The lowest BCUT2D eigenvalue weighted by atomic mass is 9.78. The number of hydrogen-bond acceptors (Lipinski definition) is 5. The Balaban J connectivity index is 2.92. The molecule has 0 spiro atoms. The molecule has 1 aliphatic rings. The molecule has 1 unspecified atom stereocenters. The standard InChI is InChI=1S/C10H13NO5/c11-7(8(13)14)5-10(9(15)16)3-1-6(12)2-4-10/h1-4,6-7,12H,5,11H2,(H,13,14)(H,15,16)/p-1. The van der Waals surface area contributed by atoms with Crippen LogP contribution in [0.4, 0.5) is 0 Å². The number of aliphatic hydroxyl groups excluding tert-OH is 1. The Morgan fingerprint density at radius 1 is 1.38 bits per heavy atom. The van der Waals surface area contributed by atoms with E-state index < -0.39 is 29.5 Å². The lowest BCUT2D eigenvalue weighted by Gasteiger charge is -2.32. The lowest BCUT2D eigenvalue weighted by Crippen LogP contribution is -2.70. The first-order chi connectivity index (χ1) is 7.37. The Morgan fingerprint density at radius 2 is 1.88 bits per heavy atom. The van der Waals surface area contributed by atoms with E-state index in [4.69, 9.17) is 5.11 Å². The largest absolute Gasteiger partial charge is 0.549 e. The van der Waals surface area contributed by atoms with Crippen molar-refractivity contribution in [1.82, 2.24) is 0 Å². The summed E-state index contributed by atoms with van der Waals surface area (Å²) < 4.78 is 0. The van der Waals surface area contributed by atoms with Gasteiger partial charge in [0.1, 0.15) is 6.04 Å². The first-order valence-corrected chi connectivity index (χ1v) is 4.69. The molecule has 88 valence electrons. The van der Waals surface area contributed by atoms with E-state index in [1.54, 1.807) is 0 Å². The fraction of sp³-hybridized carbons (Fsp3) is 0.400. The molecule has 0 aliphatic heterocycles. The number of carbonyl (C=O) groups excluding carboxylic acids is 2. The zero-order valence-electron chi connectivity index (χ0n) is 8.46. The van der Waals surface area contributed by atoms with Gasteiger partial charge in [-0.1, -0.05) is 24.3 Å². The topological polar surface area (TPSA) is 128 Å². The van der Waals surface area contributed by atoms with Gasteiger partial charge in [0.15, 0.2) is 0 Å². The highest BCUT2D eigenvalue weighted by molar-refractivity contribution is 5.80. The first kappa shape index (κ1) is 12.4. The van der Waals surface area contributed by atoms with Crippen molar-refractivity contribution in [1.29, 1.82) is 0 Å². The van der Waals surface area contributed by atoms with Crippen LogP contribution < -0.4 is 15.9 Å². The van der Waals surface area contributed by atoms with Crippen molar-refractivity contribution >= 4 is 11.9 Å². The van der Waals surface area contributed by atoms with Crippen molar-refractivity contribution in [3.8, 4) is 0 Å². The summed E-state index contributed by atoms with van der Waals surface area (Å²) in [6, 6.07) is -1.16. The molecule has 0 fully saturated rings. The van der Waals surface area contributed by atoms with Gasteiger partial charge >= 0.3 is 0 Å². The zero-order valence-corrected chi connectivity index (χ0v) is 8.46. The number of quaternary nitrogens is 1. The number of aliphatic hydroxyl groups is 1. The molecule has 0 aromatic heterocycles. The SMILES string of the molecule is [NH3+]C(CC1(C(=O)[O-])C=CC(O)C=C1)C(=O)[O-]. The Hall–Kier alpha value is -1.66. The van der Waals surface area contributed by atoms with Crippen molar-refractivity contribution in [2.75, 3.05) is 0 Å². The van der Waals surface area contributed by atoms with Gasteiger partial charge in [-0.05, 0) is 0 Å². The van der Waals surface area contributed by atoms with Crippen molar-refractivity contribution in [3.05, 3.63) is 24.3 Å². The van der Waals surface area contributed by atoms with Crippen molar-refractivity contribution in [2.45, 2.75) is 18.6 Å². The summed E-state index contributed by atoms with van der Waals surface area (Å²) in [6.07, 6.45) is 3.83. The number of carboxylic acids is 2. The summed E-state index contributed by atoms with van der Waals surface area (Å²) in [7, 11) is 0. The fourth-order valence-electron chi connectivity index (χ4n) is 1.51. The van der Waals surface area contributed by atoms with Gasteiger partial charge in [-0.15, -0.1) is 0 Å². The quantitative estimate of drug-likeness (QED) is 0.471. The molecule has 1 atom stereocenters. The fourth-order valence-corrected chi connectivity index (χ4v) is 1.51. The van der Waals surface area contributed by atoms with E-state index in [1.165, 1.54) is 24.3 Å². The molecular formula is C10H12NO5-. The van der Waals surface area contributed by atoms with Crippen LogP contribution >= 0.6 is 0 Å². The molecule has 0 aromatic carbocycles. The summed E-state index contributed by atoms with van der Waals surface area (Å²) in [5.41, 5.74) is 1.76. The number of hydrogen-bond donors (Lipinski definition) is 2. The number of aliphatic carboxylic acids is 2. The third kappa shape index (κ3) is 2.47. The summed E-state index contributed by atoms with van der Waals surface area (Å²) >= 11 is 0. The minimum atomic E-state index is -1.54. The Morgan fingerprint density at radius 3 is 2.25 bits per heavy atom. The predicted molar refractivity (Wildman–Crippen MR) is 48.0 cm³/mol. The van der Waals surface area contributed by atoms with Gasteiger partial charge in [-0.3, -0.25) is 0 Å². The smallest absolute Gasteiger partial charge is 0.126 e. The highest BCUT2D eigenvalue weighted by Crippen LogP contribution is 2.29. The summed E-state index contributed by atoms with van der Waals surface area (Å²) in [4.78, 5) is 21.5. The van der Waals surface area contributed by atoms with E-state index >= 15 is 0 Å². The van der Waals surface area contributed by atoms with Crippen molar-refractivity contribution in [2.24, 2.45) is 5.41 Å². The Labute approximate surface area is 91.7 Å². The van der Waals surface area contributed by atoms with Crippen LogP contribution in [-0.2, 0) is 9.59 Å². The number of carboxylic acid groups (broad SMARTS) is 2. The second-order valence-electron chi connectivity index (χ2n) is 3.76. The van der Waals surface area contributed by atoms with Crippen LogP contribution in [0.15, 0.2) is 24.3 Å². The van der Waals surface area contributed by atoms with E-state index in [0.717, 1.165) is 0 Å². The van der Waals surface area contributed by atoms with Crippen LogP contribution in [0.3, 0.4) is 0 Å². The average Bonchev–Trinajstić information content (AvgIpc) is 2.21. The highest BCUT2D eigenvalue weighted by Gasteiger charge is 2.32. The molecular weight excluding hydrogens is 214 g/mol. The zero-order chi connectivity index (χ0) is 12.3. The van der Waals surface area contributed by atoms with Crippen LogP contribution in [0.1, 0.15) is 6.42 Å². The van der Waals surface area contributed by atoms with E-state index in [9.17, 15) is 19.8 Å². The summed E-state index contributed by atoms with van der Waals surface area (Å²) in [5, 5.41) is 30.7. The van der Waals surface area contributed by atoms with Crippen molar-refractivity contribution in [3.63, 3.8) is 0 Å². The normalized spacial score (nSPS) is 30.0. The molecule has 0 aromatic rings. The maximum absolute atomic E-state index is 11.0. The van der Waals surface area contributed by atoms with Gasteiger partial charge in [0.2, 0.25) is 0 Å². The van der Waals surface area contributed by atoms with E-state index in [1.807, 2.05) is 0 Å². The molecule has 6 nitrogen and oxygen atoms in total. The van der Waals surface area contributed by atoms with E-state index in [-0.39, 0.29) is 6.42 Å².